The third-order valence-electron chi connectivity index (χ3n) is 2.96. The van der Waals surface area contributed by atoms with Gasteiger partial charge in [-0.1, -0.05) is 19.9 Å². The van der Waals surface area contributed by atoms with Crippen LogP contribution in [0.2, 0.25) is 0 Å². The van der Waals surface area contributed by atoms with Gasteiger partial charge in [-0.05, 0) is 45.9 Å². The molecule has 0 aliphatic heterocycles. The summed E-state index contributed by atoms with van der Waals surface area (Å²) >= 11 is 6.65. The van der Waals surface area contributed by atoms with Gasteiger partial charge < -0.3 is 5.32 Å². The van der Waals surface area contributed by atoms with E-state index >= 15 is 0 Å². The highest BCUT2D eigenvalue weighted by atomic mass is 79.9. The predicted octanol–water partition coefficient (Wildman–Crippen LogP) is 4.59. The Morgan fingerprint density at radius 1 is 1.47 bits per heavy atom. The van der Waals surface area contributed by atoms with E-state index in [0.29, 0.717) is 6.54 Å². The molecule has 2 aromatic heterocycles. The first-order valence-corrected chi connectivity index (χ1v) is 8.47. The normalized spacial score (nSPS) is 11.6. The van der Waals surface area contributed by atoms with Crippen molar-refractivity contribution >= 4 is 44.5 Å². The number of carbonyl (C=O) groups excluding carboxylic acids is 1. The largest absolute Gasteiger partial charge is 0.350 e. The lowest BCUT2D eigenvalue weighted by molar-refractivity contribution is 0.0950. The molecule has 2 nitrogen and oxygen atoms in total. The van der Waals surface area contributed by atoms with E-state index in [1.165, 1.54) is 16.2 Å². The van der Waals surface area contributed by atoms with Crippen LogP contribution in [-0.2, 0) is 5.41 Å². The molecule has 102 valence electrons. The molecule has 0 radical (unpaired) electrons. The second-order valence-electron chi connectivity index (χ2n) is 5.11. The van der Waals surface area contributed by atoms with Crippen molar-refractivity contribution in [3.05, 3.63) is 42.7 Å². The standard InChI is InChI=1S/C14H16BrNOS2/c1-9-7-10(19-12(9)15)13(17)16-8-14(2,3)11-5-4-6-18-11/h4-7H,8H2,1-3H3,(H,16,17). The smallest absolute Gasteiger partial charge is 0.261 e. The number of aryl methyl sites for hydroxylation is 1. The zero-order valence-corrected chi connectivity index (χ0v) is 14.3. The van der Waals surface area contributed by atoms with Crippen molar-refractivity contribution < 1.29 is 4.79 Å². The van der Waals surface area contributed by atoms with E-state index in [9.17, 15) is 4.79 Å². The summed E-state index contributed by atoms with van der Waals surface area (Å²) in [7, 11) is 0. The molecule has 0 saturated carbocycles. The minimum Gasteiger partial charge on any atom is -0.350 e. The van der Waals surface area contributed by atoms with Gasteiger partial charge in [0.2, 0.25) is 0 Å². The molecule has 2 aromatic rings. The SMILES string of the molecule is Cc1cc(C(=O)NCC(C)(C)c2cccs2)sc1Br. The molecule has 0 aromatic carbocycles. The van der Waals surface area contributed by atoms with Crippen molar-refractivity contribution in [2.75, 3.05) is 6.54 Å². The minimum atomic E-state index is -0.0344. The first-order valence-electron chi connectivity index (χ1n) is 5.98. The molecule has 19 heavy (non-hydrogen) atoms. The molecule has 1 amide bonds. The molecular weight excluding hydrogens is 342 g/mol. The topological polar surface area (TPSA) is 29.1 Å². The third-order valence-corrected chi connectivity index (χ3v) is 6.33. The highest BCUT2D eigenvalue weighted by Crippen LogP contribution is 2.29. The number of hydrogen-bond acceptors (Lipinski definition) is 3. The Bertz CT molecular complexity index is 553. The quantitative estimate of drug-likeness (QED) is 0.851. The molecule has 2 rings (SSSR count). The molecule has 0 spiro atoms. The Kier molecular flexibility index (Phi) is 4.48. The van der Waals surface area contributed by atoms with Gasteiger partial charge in [-0.15, -0.1) is 22.7 Å². The van der Waals surface area contributed by atoms with E-state index in [0.717, 1.165) is 14.2 Å². The van der Waals surface area contributed by atoms with Gasteiger partial charge in [-0.25, -0.2) is 0 Å². The van der Waals surface area contributed by atoms with Gasteiger partial charge in [0.1, 0.15) is 0 Å². The maximum absolute atomic E-state index is 12.1. The van der Waals surface area contributed by atoms with Gasteiger partial charge >= 0.3 is 0 Å². The van der Waals surface area contributed by atoms with Crippen LogP contribution in [0.5, 0.6) is 0 Å². The third kappa shape index (κ3) is 3.46. The summed E-state index contributed by atoms with van der Waals surface area (Å²) in [6.45, 7) is 6.93. The fourth-order valence-electron chi connectivity index (χ4n) is 1.71. The Labute approximate surface area is 130 Å². The average Bonchev–Trinajstić information content (AvgIpc) is 2.98. The van der Waals surface area contributed by atoms with E-state index in [-0.39, 0.29) is 11.3 Å². The molecule has 2 heterocycles. The Morgan fingerprint density at radius 2 is 2.21 bits per heavy atom. The van der Waals surface area contributed by atoms with Crippen molar-refractivity contribution in [2.45, 2.75) is 26.2 Å². The summed E-state index contributed by atoms with van der Waals surface area (Å²) in [6.07, 6.45) is 0. The molecule has 0 aliphatic rings. The maximum atomic E-state index is 12.1. The molecular formula is C14H16BrNOS2. The fourth-order valence-corrected chi connectivity index (χ4v) is 4.01. The van der Waals surface area contributed by atoms with Gasteiger partial charge in [0, 0.05) is 16.8 Å². The van der Waals surface area contributed by atoms with E-state index < -0.39 is 0 Å². The highest BCUT2D eigenvalue weighted by Gasteiger charge is 2.23. The second kappa shape index (κ2) is 5.77. The molecule has 0 fully saturated rings. The molecule has 0 atom stereocenters. The Morgan fingerprint density at radius 3 is 2.74 bits per heavy atom. The molecule has 0 aliphatic carbocycles. The first-order chi connectivity index (χ1) is 8.90. The molecule has 1 N–H and O–H groups in total. The van der Waals surface area contributed by atoms with Crippen molar-refractivity contribution in [2.24, 2.45) is 0 Å². The van der Waals surface area contributed by atoms with Gasteiger partial charge in [-0.3, -0.25) is 4.79 Å². The summed E-state index contributed by atoms with van der Waals surface area (Å²) in [6, 6.07) is 6.08. The Hall–Kier alpha value is -0.650. The van der Waals surface area contributed by atoms with E-state index in [1.54, 1.807) is 11.3 Å². The van der Waals surface area contributed by atoms with Crippen LogP contribution in [0.4, 0.5) is 0 Å². The fraction of sp³-hybridized carbons (Fsp3) is 0.357. The first kappa shape index (κ1) is 14.8. The predicted molar refractivity (Wildman–Crippen MR) is 86.4 cm³/mol. The van der Waals surface area contributed by atoms with Crippen molar-refractivity contribution in [1.29, 1.82) is 0 Å². The molecule has 0 unspecified atom stereocenters. The number of amides is 1. The average molecular weight is 358 g/mol. The number of rotatable bonds is 4. The Balaban J connectivity index is 2.01. The number of carbonyl (C=O) groups is 1. The number of hydrogen-bond donors (Lipinski definition) is 1. The molecule has 5 heteroatoms. The van der Waals surface area contributed by atoms with Crippen LogP contribution in [0.15, 0.2) is 27.4 Å². The van der Waals surface area contributed by atoms with E-state index in [1.807, 2.05) is 19.1 Å². The second-order valence-corrected chi connectivity index (χ2v) is 8.43. The van der Waals surface area contributed by atoms with Gasteiger partial charge in [0.05, 0.1) is 8.66 Å². The maximum Gasteiger partial charge on any atom is 0.261 e. The minimum absolute atomic E-state index is 0.00318. The number of halogens is 1. The zero-order chi connectivity index (χ0) is 14.0. The van der Waals surface area contributed by atoms with E-state index in [2.05, 4.69) is 46.5 Å². The lowest BCUT2D eigenvalue weighted by atomic mass is 9.91. The summed E-state index contributed by atoms with van der Waals surface area (Å²) in [4.78, 5) is 14.2. The molecule has 0 saturated heterocycles. The van der Waals surface area contributed by atoms with Crippen molar-refractivity contribution in [1.82, 2.24) is 5.32 Å². The van der Waals surface area contributed by atoms with Gasteiger partial charge in [-0.2, -0.15) is 0 Å². The van der Waals surface area contributed by atoms with Crippen molar-refractivity contribution in [3.63, 3.8) is 0 Å². The van der Waals surface area contributed by atoms with Gasteiger partial charge in [0.15, 0.2) is 0 Å². The number of thiophene rings is 2. The van der Waals surface area contributed by atoms with Crippen molar-refractivity contribution in [3.8, 4) is 0 Å². The van der Waals surface area contributed by atoms with Crippen LogP contribution in [0, 0.1) is 6.92 Å². The lowest BCUT2D eigenvalue weighted by Crippen LogP contribution is -2.35. The summed E-state index contributed by atoms with van der Waals surface area (Å²) < 4.78 is 1.02. The highest BCUT2D eigenvalue weighted by molar-refractivity contribution is 9.11. The van der Waals surface area contributed by atoms with E-state index in [4.69, 9.17) is 0 Å². The molecule has 0 bridgehead atoms. The van der Waals surface area contributed by atoms with Crippen LogP contribution >= 0.6 is 38.6 Å². The summed E-state index contributed by atoms with van der Waals surface area (Å²) in [5.41, 5.74) is 1.07. The van der Waals surface area contributed by atoms with Gasteiger partial charge in [0.25, 0.3) is 5.91 Å². The van der Waals surface area contributed by atoms with Crippen LogP contribution < -0.4 is 5.32 Å². The number of nitrogens with one attached hydrogen (secondary N) is 1. The van der Waals surface area contributed by atoms with Crippen LogP contribution in [0.25, 0.3) is 0 Å². The summed E-state index contributed by atoms with van der Waals surface area (Å²) in [5.74, 6) is 0.00318. The zero-order valence-electron chi connectivity index (χ0n) is 11.1. The van der Waals surface area contributed by atoms with Crippen LogP contribution in [0.3, 0.4) is 0 Å². The summed E-state index contributed by atoms with van der Waals surface area (Å²) in [5, 5.41) is 5.09. The van der Waals surface area contributed by atoms with Crippen LogP contribution in [0.1, 0.15) is 34.0 Å². The van der Waals surface area contributed by atoms with Crippen LogP contribution in [-0.4, -0.2) is 12.5 Å². The lowest BCUT2D eigenvalue weighted by Gasteiger charge is -2.23. The monoisotopic (exact) mass is 357 g/mol.